The van der Waals surface area contributed by atoms with E-state index in [1.807, 2.05) is 0 Å². The summed E-state index contributed by atoms with van der Waals surface area (Å²) in [7, 11) is -4.72. The molecule has 28 heavy (non-hydrogen) atoms. The van der Waals surface area contributed by atoms with Crippen LogP contribution in [0.1, 0.15) is 34.6 Å². The van der Waals surface area contributed by atoms with Crippen molar-refractivity contribution in [2.45, 2.75) is 18.7 Å². The predicted molar refractivity (Wildman–Crippen MR) is 92.5 cm³/mol. The lowest BCUT2D eigenvalue weighted by molar-refractivity contribution is 0.0524. The molecule has 0 N–H and O–H groups in total. The summed E-state index contributed by atoms with van der Waals surface area (Å²) in [5.41, 5.74) is -0.339. The fraction of sp³-hybridized carbons (Fsp3) is 0.222. The number of hydrogen-bond acceptors (Lipinski definition) is 7. The van der Waals surface area contributed by atoms with Crippen molar-refractivity contribution in [1.29, 1.82) is 0 Å². The van der Waals surface area contributed by atoms with Crippen LogP contribution in [0.15, 0.2) is 41.3 Å². The van der Waals surface area contributed by atoms with Crippen molar-refractivity contribution in [1.82, 2.24) is 0 Å². The van der Waals surface area contributed by atoms with Gasteiger partial charge < -0.3 is 13.7 Å². The van der Waals surface area contributed by atoms with Gasteiger partial charge in [0, 0.05) is 6.07 Å². The van der Waals surface area contributed by atoms with E-state index in [1.54, 1.807) is 13.8 Å². The Hall–Kier alpha value is -3.01. The maximum atomic E-state index is 13.8. The van der Waals surface area contributed by atoms with Gasteiger partial charge >= 0.3 is 22.1 Å². The Balaban J connectivity index is 2.48. The van der Waals surface area contributed by atoms with Crippen molar-refractivity contribution in [3.8, 4) is 5.75 Å². The minimum absolute atomic E-state index is 0.0394. The second-order valence-corrected chi connectivity index (χ2v) is 6.81. The first-order valence-corrected chi connectivity index (χ1v) is 9.47. The minimum Gasteiger partial charge on any atom is -0.462 e. The van der Waals surface area contributed by atoms with E-state index in [4.69, 9.17) is 13.7 Å². The molecule has 0 bridgehead atoms. The zero-order valence-corrected chi connectivity index (χ0v) is 15.7. The molecule has 0 aromatic heterocycles. The van der Waals surface area contributed by atoms with Crippen molar-refractivity contribution in [2.24, 2.45) is 0 Å². The molecule has 0 fully saturated rings. The van der Waals surface area contributed by atoms with Crippen LogP contribution in [-0.4, -0.2) is 33.6 Å². The summed E-state index contributed by atoms with van der Waals surface area (Å²) in [4.78, 5) is 23.0. The summed E-state index contributed by atoms with van der Waals surface area (Å²) < 4.78 is 66.0. The third-order valence-electron chi connectivity index (χ3n) is 3.30. The summed E-state index contributed by atoms with van der Waals surface area (Å²) in [6.07, 6.45) is 0. The highest BCUT2D eigenvalue weighted by atomic mass is 32.2. The summed E-state index contributed by atoms with van der Waals surface area (Å²) in [5, 5.41) is 0. The standard InChI is InChI=1S/C18H16F2O7S/c1-3-25-17(21)11-7-12(18(22)26-4-2)9-14(8-11)27-28(23,24)16-6-5-13(19)10-15(16)20/h5-10H,3-4H2,1-2H3. The Morgan fingerprint density at radius 3 is 1.89 bits per heavy atom. The highest BCUT2D eigenvalue weighted by Crippen LogP contribution is 2.25. The Morgan fingerprint density at radius 1 is 0.893 bits per heavy atom. The SMILES string of the molecule is CCOC(=O)c1cc(OS(=O)(=O)c2ccc(F)cc2F)cc(C(=O)OCC)c1. The van der Waals surface area contributed by atoms with Crippen LogP contribution in [0.2, 0.25) is 0 Å². The normalized spacial score (nSPS) is 11.0. The molecule has 7 nitrogen and oxygen atoms in total. The van der Waals surface area contributed by atoms with Crippen molar-refractivity contribution >= 4 is 22.1 Å². The maximum Gasteiger partial charge on any atom is 0.342 e. The molecule has 0 spiro atoms. The van der Waals surface area contributed by atoms with E-state index in [-0.39, 0.29) is 24.3 Å². The van der Waals surface area contributed by atoms with Crippen LogP contribution >= 0.6 is 0 Å². The van der Waals surface area contributed by atoms with Crippen molar-refractivity contribution < 1.29 is 40.4 Å². The monoisotopic (exact) mass is 414 g/mol. The van der Waals surface area contributed by atoms with Gasteiger partial charge in [-0.05, 0) is 44.2 Å². The molecule has 2 aromatic carbocycles. The number of carbonyl (C=O) groups excluding carboxylic acids is 2. The van der Waals surface area contributed by atoms with Crippen molar-refractivity contribution in [2.75, 3.05) is 13.2 Å². The molecule has 150 valence electrons. The van der Waals surface area contributed by atoms with Gasteiger partial charge in [-0.2, -0.15) is 8.42 Å². The highest BCUT2D eigenvalue weighted by molar-refractivity contribution is 7.87. The van der Waals surface area contributed by atoms with Crippen LogP contribution in [0.3, 0.4) is 0 Å². The third-order valence-corrected chi connectivity index (χ3v) is 4.58. The zero-order valence-electron chi connectivity index (χ0n) is 14.9. The summed E-state index contributed by atoms with van der Waals surface area (Å²) in [5.74, 6) is -4.43. The first-order chi connectivity index (χ1) is 13.2. The molecule has 0 atom stereocenters. The molecule has 0 aliphatic carbocycles. The number of ether oxygens (including phenoxy) is 2. The average Bonchev–Trinajstić information content (AvgIpc) is 2.61. The van der Waals surface area contributed by atoms with E-state index in [2.05, 4.69) is 0 Å². The number of benzene rings is 2. The van der Waals surface area contributed by atoms with Crippen LogP contribution in [0.25, 0.3) is 0 Å². The van der Waals surface area contributed by atoms with E-state index in [0.29, 0.717) is 12.1 Å². The molecule has 0 amide bonds. The quantitative estimate of drug-likeness (QED) is 0.507. The first-order valence-electron chi connectivity index (χ1n) is 8.06. The van der Waals surface area contributed by atoms with Crippen LogP contribution < -0.4 is 4.18 Å². The number of carbonyl (C=O) groups is 2. The predicted octanol–water partition coefficient (Wildman–Crippen LogP) is 3.09. The van der Waals surface area contributed by atoms with E-state index in [9.17, 15) is 26.8 Å². The van der Waals surface area contributed by atoms with Gasteiger partial charge in [-0.15, -0.1) is 0 Å². The smallest absolute Gasteiger partial charge is 0.342 e. The fourth-order valence-corrected chi connectivity index (χ4v) is 3.13. The molecule has 0 aliphatic heterocycles. The number of hydrogen-bond donors (Lipinski definition) is 0. The lowest BCUT2D eigenvalue weighted by atomic mass is 10.1. The molecule has 10 heteroatoms. The van der Waals surface area contributed by atoms with Crippen LogP contribution in [-0.2, 0) is 19.6 Å². The van der Waals surface area contributed by atoms with Gasteiger partial charge in [0.05, 0.1) is 24.3 Å². The molecule has 0 saturated carbocycles. The molecule has 0 aliphatic rings. The highest BCUT2D eigenvalue weighted by Gasteiger charge is 2.24. The van der Waals surface area contributed by atoms with Crippen LogP contribution in [0.5, 0.6) is 5.75 Å². The largest absolute Gasteiger partial charge is 0.462 e. The molecular formula is C18H16F2O7S. The van der Waals surface area contributed by atoms with Gasteiger partial charge in [0.1, 0.15) is 22.3 Å². The van der Waals surface area contributed by atoms with Gasteiger partial charge in [0.25, 0.3) is 0 Å². The van der Waals surface area contributed by atoms with Gasteiger partial charge in [-0.25, -0.2) is 18.4 Å². The Bertz CT molecular complexity index is 967. The average molecular weight is 414 g/mol. The van der Waals surface area contributed by atoms with E-state index < -0.39 is 44.3 Å². The Kier molecular flexibility index (Phi) is 6.68. The molecule has 0 heterocycles. The number of esters is 2. The molecule has 0 radical (unpaired) electrons. The topological polar surface area (TPSA) is 96.0 Å². The summed E-state index contributed by atoms with van der Waals surface area (Å²) >= 11 is 0. The fourth-order valence-electron chi connectivity index (χ4n) is 2.16. The summed E-state index contributed by atoms with van der Waals surface area (Å²) in [6.45, 7) is 3.20. The van der Waals surface area contributed by atoms with E-state index in [1.165, 1.54) is 0 Å². The molecule has 2 aromatic rings. The first kappa shape index (κ1) is 21.3. The minimum atomic E-state index is -4.72. The van der Waals surface area contributed by atoms with Crippen molar-refractivity contribution in [3.63, 3.8) is 0 Å². The third kappa shape index (κ3) is 5.03. The Labute approximate surface area is 160 Å². The maximum absolute atomic E-state index is 13.8. The molecule has 0 saturated heterocycles. The Morgan fingerprint density at radius 2 is 1.43 bits per heavy atom. The van der Waals surface area contributed by atoms with Gasteiger partial charge in [-0.1, -0.05) is 0 Å². The van der Waals surface area contributed by atoms with E-state index in [0.717, 1.165) is 24.3 Å². The van der Waals surface area contributed by atoms with Gasteiger partial charge in [-0.3, -0.25) is 0 Å². The molecule has 2 rings (SSSR count). The molecule has 0 unspecified atom stereocenters. The number of rotatable bonds is 7. The lowest BCUT2D eigenvalue weighted by Gasteiger charge is -2.11. The van der Waals surface area contributed by atoms with E-state index >= 15 is 0 Å². The summed E-state index contributed by atoms with van der Waals surface area (Å²) in [6, 6.07) is 5.00. The zero-order chi connectivity index (χ0) is 20.9. The van der Waals surface area contributed by atoms with Gasteiger partial charge in [0.15, 0.2) is 0 Å². The van der Waals surface area contributed by atoms with Gasteiger partial charge in [0.2, 0.25) is 0 Å². The second kappa shape index (κ2) is 8.79. The van der Waals surface area contributed by atoms with Crippen LogP contribution in [0, 0.1) is 11.6 Å². The number of halogens is 2. The van der Waals surface area contributed by atoms with Crippen LogP contribution in [0.4, 0.5) is 8.78 Å². The second-order valence-electron chi connectivity index (χ2n) is 5.30. The lowest BCUT2D eigenvalue weighted by Crippen LogP contribution is -2.14. The molecular weight excluding hydrogens is 398 g/mol. The van der Waals surface area contributed by atoms with Crippen molar-refractivity contribution in [3.05, 3.63) is 59.2 Å².